The van der Waals surface area contributed by atoms with Crippen molar-refractivity contribution < 1.29 is 28.2 Å². The molecule has 2 N–H and O–H groups in total. The maximum Gasteiger partial charge on any atom is 0.184 e. The molecule has 5 atom stereocenters. The van der Waals surface area contributed by atoms with E-state index in [4.69, 9.17) is 18.0 Å². The molecule has 144 valence electrons. The summed E-state index contributed by atoms with van der Waals surface area (Å²) in [7, 11) is -5.78. The van der Waals surface area contributed by atoms with Crippen LogP contribution in [0.1, 0.15) is 0 Å². The monoisotopic (exact) mass is 396 g/mol. The third kappa shape index (κ3) is 7.34. The van der Waals surface area contributed by atoms with Gasteiger partial charge in [0.15, 0.2) is 31.2 Å². The third-order valence-corrected chi connectivity index (χ3v) is 6.20. The number of aliphatic hydroxyl groups is 2. The summed E-state index contributed by atoms with van der Waals surface area (Å²) in [5.74, 6) is 0. The number of aliphatic hydroxyl groups excluding tert-OH is 2. The molecule has 1 unspecified atom stereocenters. The molecule has 1 heterocycles. The van der Waals surface area contributed by atoms with Gasteiger partial charge in [-0.05, 0) is 58.9 Å². The van der Waals surface area contributed by atoms with Crippen LogP contribution in [0.15, 0.2) is 0 Å². The Hall–Kier alpha value is 0.411. The fourth-order valence-electron chi connectivity index (χ4n) is 2.67. The van der Waals surface area contributed by atoms with Crippen LogP contribution < -0.4 is 0 Å². The lowest BCUT2D eigenvalue weighted by molar-refractivity contribution is -0.275. The van der Waals surface area contributed by atoms with E-state index in [9.17, 15) is 10.2 Å². The molecule has 6 nitrogen and oxygen atoms in total. The quantitative estimate of drug-likeness (QED) is 0.643. The summed E-state index contributed by atoms with van der Waals surface area (Å²) in [5.41, 5.74) is 0. The Kier molecular flexibility index (Phi) is 7.46. The van der Waals surface area contributed by atoms with Crippen molar-refractivity contribution in [1.82, 2.24) is 0 Å². The van der Waals surface area contributed by atoms with E-state index >= 15 is 0 Å². The maximum absolute atomic E-state index is 10.5. The molecule has 0 bridgehead atoms. The van der Waals surface area contributed by atoms with Crippen LogP contribution in [0.2, 0.25) is 58.9 Å². The van der Waals surface area contributed by atoms with Gasteiger partial charge in [-0.1, -0.05) is 0 Å². The van der Waals surface area contributed by atoms with Crippen LogP contribution in [0, 0.1) is 0 Å². The van der Waals surface area contributed by atoms with Gasteiger partial charge < -0.3 is 28.2 Å². The molecule has 9 heteroatoms. The van der Waals surface area contributed by atoms with Gasteiger partial charge in [-0.3, -0.25) is 0 Å². The normalized spacial score (nSPS) is 32.9. The van der Waals surface area contributed by atoms with E-state index in [-0.39, 0.29) is 6.61 Å². The molecule has 1 aliphatic heterocycles. The molecule has 0 radical (unpaired) electrons. The van der Waals surface area contributed by atoms with Crippen molar-refractivity contribution in [3.63, 3.8) is 0 Å². The first-order valence-corrected chi connectivity index (χ1v) is 18.8. The molecular weight excluding hydrogens is 360 g/mol. The summed E-state index contributed by atoms with van der Waals surface area (Å²) in [4.78, 5) is 0. The number of hydrogen-bond acceptors (Lipinski definition) is 6. The van der Waals surface area contributed by atoms with Crippen molar-refractivity contribution in [1.29, 1.82) is 0 Å². The van der Waals surface area contributed by atoms with Gasteiger partial charge in [-0.2, -0.15) is 0 Å². The lowest BCUT2D eigenvalue weighted by Crippen LogP contribution is -2.65. The Morgan fingerprint density at radius 1 is 0.708 bits per heavy atom. The van der Waals surface area contributed by atoms with Crippen molar-refractivity contribution in [3.8, 4) is 0 Å². The lowest BCUT2D eigenvalue weighted by atomic mass is 9.99. The molecular formula is C15H36O6Si3. The van der Waals surface area contributed by atoms with Gasteiger partial charge in [0.1, 0.15) is 24.4 Å². The molecule has 1 aliphatic rings. The number of hydrogen-bond donors (Lipinski definition) is 2. The minimum absolute atomic E-state index is 0.225. The summed E-state index contributed by atoms with van der Waals surface area (Å²) in [5, 5.41) is 20.2. The van der Waals surface area contributed by atoms with E-state index in [1.165, 1.54) is 0 Å². The van der Waals surface area contributed by atoms with Gasteiger partial charge in [-0.15, -0.1) is 0 Å². The second-order valence-electron chi connectivity index (χ2n) is 9.33. The zero-order valence-electron chi connectivity index (χ0n) is 16.6. The van der Waals surface area contributed by atoms with Crippen LogP contribution in [-0.4, -0.2) is 72.5 Å². The van der Waals surface area contributed by atoms with E-state index < -0.39 is 55.7 Å². The molecule has 0 aromatic carbocycles. The van der Waals surface area contributed by atoms with Gasteiger partial charge in [-0.25, -0.2) is 0 Å². The van der Waals surface area contributed by atoms with Crippen LogP contribution >= 0.6 is 0 Å². The molecule has 0 spiro atoms. The highest BCUT2D eigenvalue weighted by Crippen LogP contribution is 2.32. The van der Waals surface area contributed by atoms with Crippen LogP contribution in [0.5, 0.6) is 0 Å². The summed E-state index contributed by atoms with van der Waals surface area (Å²) in [6.07, 6.45) is -3.24. The summed E-state index contributed by atoms with van der Waals surface area (Å²) in [6.45, 7) is 18.5. The van der Waals surface area contributed by atoms with E-state index in [1.54, 1.807) is 0 Å². The predicted octanol–water partition coefficient (Wildman–Crippen LogP) is 2.36. The van der Waals surface area contributed by atoms with Gasteiger partial charge in [0.2, 0.25) is 0 Å². The first-order chi connectivity index (χ1) is 10.6. The second-order valence-corrected chi connectivity index (χ2v) is 22.7. The average Bonchev–Trinajstić information content (AvgIpc) is 2.32. The molecule has 0 aliphatic carbocycles. The van der Waals surface area contributed by atoms with Crippen molar-refractivity contribution in [2.45, 2.75) is 89.6 Å². The van der Waals surface area contributed by atoms with Gasteiger partial charge in [0.25, 0.3) is 0 Å². The smallest absolute Gasteiger partial charge is 0.184 e. The molecule has 24 heavy (non-hydrogen) atoms. The summed E-state index contributed by atoms with van der Waals surface area (Å²) in [6, 6.07) is 0. The van der Waals surface area contributed by atoms with Crippen molar-refractivity contribution in [2.75, 3.05) is 6.61 Å². The van der Waals surface area contributed by atoms with E-state index in [1.807, 2.05) is 0 Å². The highest BCUT2D eigenvalue weighted by Gasteiger charge is 2.50. The highest BCUT2D eigenvalue weighted by atomic mass is 28.4. The van der Waals surface area contributed by atoms with E-state index in [2.05, 4.69) is 58.9 Å². The Labute approximate surface area is 149 Å². The molecule has 0 amide bonds. The Morgan fingerprint density at radius 2 is 1.08 bits per heavy atom. The van der Waals surface area contributed by atoms with Crippen LogP contribution in [-0.2, 0) is 18.0 Å². The summed E-state index contributed by atoms with van der Waals surface area (Å²) < 4.78 is 24.5. The summed E-state index contributed by atoms with van der Waals surface area (Å²) >= 11 is 0. The van der Waals surface area contributed by atoms with Crippen molar-refractivity contribution in [3.05, 3.63) is 0 Å². The predicted molar refractivity (Wildman–Crippen MR) is 103 cm³/mol. The van der Waals surface area contributed by atoms with E-state index in [0.717, 1.165) is 0 Å². The zero-order chi connectivity index (χ0) is 18.9. The molecule has 0 aromatic rings. The lowest BCUT2D eigenvalue weighted by Gasteiger charge is -2.49. The minimum atomic E-state index is -1.94. The Morgan fingerprint density at radius 3 is 1.46 bits per heavy atom. The van der Waals surface area contributed by atoms with Gasteiger partial charge in [0.05, 0.1) is 6.61 Å². The Balaban J connectivity index is 3.20. The van der Waals surface area contributed by atoms with Crippen LogP contribution in [0.4, 0.5) is 0 Å². The fourth-order valence-corrected chi connectivity index (χ4v) is 5.92. The van der Waals surface area contributed by atoms with E-state index in [0.29, 0.717) is 0 Å². The molecule has 0 aromatic heterocycles. The van der Waals surface area contributed by atoms with Crippen LogP contribution in [0.25, 0.3) is 0 Å². The second kappa shape index (κ2) is 7.97. The average molecular weight is 397 g/mol. The Bertz CT molecular complexity index is 401. The first-order valence-electron chi connectivity index (χ1n) is 8.61. The highest BCUT2D eigenvalue weighted by molar-refractivity contribution is 6.70. The van der Waals surface area contributed by atoms with Gasteiger partial charge >= 0.3 is 0 Å². The molecule has 1 rings (SSSR count). The van der Waals surface area contributed by atoms with Crippen molar-refractivity contribution >= 4 is 25.0 Å². The van der Waals surface area contributed by atoms with Gasteiger partial charge in [0, 0.05) is 0 Å². The standard InChI is InChI=1S/C15H36O6Si3/c1-22(2,3)19-12-11(10-16)18-15(17)14(21-24(7,8)9)13(12)20-23(4,5)6/h11-17H,10H2,1-9H3/t11-,12-,13+,14+,15?/m1/s1. The largest absolute Gasteiger partial charge is 0.409 e. The first kappa shape index (κ1) is 22.5. The fraction of sp³-hybridized carbons (Fsp3) is 1.00. The third-order valence-electron chi connectivity index (χ3n) is 3.26. The topological polar surface area (TPSA) is 77.4 Å². The van der Waals surface area contributed by atoms with Crippen molar-refractivity contribution in [2.24, 2.45) is 0 Å². The molecule has 0 saturated carbocycles. The number of rotatable bonds is 7. The van der Waals surface area contributed by atoms with Crippen LogP contribution in [0.3, 0.4) is 0 Å². The SMILES string of the molecule is C[Si](C)(C)O[C@H]1[C@H](O[Si](C)(C)C)[C@@H](CO)OC(O)[C@H]1O[Si](C)(C)C. The molecule has 1 saturated heterocycles. The number of ether oxygens (including phenoxy) is 1. The zero-order valence-corrected chi connectivity index (χ0v) is 19.6. The minimum Gasteiger partial charge on any atom is -0.409 e. The maximum atomic E-state index is 10.5. The molecule has 1 fully saturated rings.